The first-order valence-corrected chi connectivity index (χ1v) is 13.9. The summed E-state index contributed by atoms with van der Waals surface area (Å²) < 4.78 is 5.02. The Morgan fingerprint density at radius 3 is 1.47 bits per heavy atom. The van der Waals surface area contributed by atoms with E-state index in [0.717, 1.165) is 6.54 Å². The van der Waals surface area contributed by atoms with Crippen LogP contribution in [0.25, 0.3) is 0 Å². The molecular weight excluding hydrogens is 364 g/mol. The zero-order valence-electron chi connectivity index (χ0n) is 21.1. The molecule has 0 aliphatic rings. The van der Waals surface area contributed by atoms with Crippen molar-refractivity contribution in [2.45, 2.75) is 162 Å². The number of hydrogen-bond donors (Lipinski definition) is 0. The second-order valence-electron chi connectivity index (χ2n) is 9.45. The number of unbranched alkanes of at least 4 members (excludes halogenated alkanes) is 17. The van der Waals surface area contributed by atoms with Gasteiger partial charge in [-0.25, -0.2) is 9.13 Å². The van der Waals surface area contributed by atoms with Gasteiger partial charge >= 0.3 is 0 Å². The van der Waals surface area contributed by atoms with Crippen LogP contribution in [0.1, 0.15) is 149 Å². The van der Waals surface area contributed by atoms with Gasteiger partial charge in [-0.3, -0.25) is 0 Å². The Morgan fingerprint density at radius 1 is 0.567 bits per heavy atom. The fourth-order valence-electron chi connectivity index (χ4n) is 4.64. The third kappa shape index (κ3) is 13.5. The van der Waals surface area contributed by atoms with Crippen LogP contribution in [0.15, 0.2) is 12.4 Å². The average Bonchev–Trinajstić information content (AvgIpc) is 3.15. The maximum absolute atomic E-state index is 2.55. The second-order valence-corrected chi connectivity index (χ2v) is 9.45. The van der Waals surface area contributed by atoms with Crippen molar-refractivity contribution in [3.8, 4) is 0 Å². The lowest BCUT2D eigenvalue weighted by Gasteiger charge is -2.05. The fourth-order valence-corrected chi connectivity index (χ4v) is 4.64. The molecule has 2 heteroatoms. The summed E-state index contributed by atoms with van der Waals surface area (Å²) in [5, 5.41) is 0. The van der Waals surface area contributed by atoms with E-state index in [1.165, 1.54) is 135 Å². The molecule has 0 bridgehead atoms. The van der Waals surface area contributed by atoms with Crippen molar-refractivity contribution in [1.82, 2.24) is 4.57 Å². The quantitative estimate of drug-likeness (QED) is 0.131. The van der Waals surface area contributed by atoms with Crippen molar-refractivity contribution in [3.63, 3.8) is 0 Å². The first-order chi connectivity index (χ1) is 14.8. The molecule has 2 nitrogen and oxygen atoms in total. The van der Waals surface area contributed by atoms with Gasteiger partial charge in [-0.2, -0.15) is 0 Å². The molecule has 0 N–H and O–H groups in total. The van der Waals surface area contributed by atoms with E-state index in [1.54, 1.807) is 5.82 Å². The van der Waals surface area contributed by atoms with Crippen LogP contribution in [0.2, 0.25) is 0 Å². The number of rotatable bonds is 22. The third-order valence-electron chi connectivity index (χ3n) is 6.69. The Labute approximate surface area is 189 Å². The highest BCUT2D eigenvalue weighted by molar-refractivity contribution is 4.83. The molecule has 1 rings (SSSR count). The summed E-state index contributed by atoms with van der Waals surface area (Å²) in [6.45, 7) is 9.20. The Bertz CT molecular complexity index is 477. The number of aryl methyl sites for hydroxylation is 2. The zero-order valence-corrected chi connectivity index (χ0v) is 21.1. The summed E-state index contributed by atoms with van der Waals surface area (Å²) in [5.74, 6) is 1.56. The molecule has 0 aliphatic carbocycles. The number of hydrogen-bond acceptors (Lipinski definition) is 0. The SMILES string of the molecule is CCCCCCCCCCCCCCCc1n(CC)cc[n+]1CCCCCCCC. The predicted molar refractivity (Wildman–Crippen MR) is 133 cm³/mol. The smallest absolute Gasteiger partial charge is 0.235 e. The van der Waals surface area contributed by atoms with Gasteiger partial charge in [0.1, 0.15) is 12.4 Å². The van der Waals surface area contributed by atoms with Crippen LogP contribution < -0.4 is 4.57 Å². The topological polar surface area (TPSA) is 8.81 Å². The normalized spacial score (nSPS) is 11.4. The Balaban J connectivity index is 2.07. The maximum Gasteiger partial charge on any atom is 0.256 e. The van der Waals surface area contributed by atoms with Crippen LogP contribution in [-0.2, 0) is 19.5 Å². The molecule has 1 aromatic rings. The molecule has 0 saturated heterocycles. The van der Waals surface area contributed by atoms with Gasteiger partial charge in [0.25, 0.3) is 5.82 Å². The highest BCUT2D eigenvalue weighted by Gasteiger charge is 2.15. The van der Waals surface area contributed by atoms with Gasteiger partial charge < -0.3 is 0 Å². The average molecular weight is 420 g/mol. The van der Waals surface area contributed by atoms with E-state index in [2.05, 4.69) is 42.3 Å². The lowest BCUT2D eigenvalue weighted by Crippen LogP contribution is -2.37. The predicted octanol–water partition coefficient (Wildman–Crippen LogP) is 8.79. The van der Waals surface area contributed by atoms with E-state index in [-0.39, 0.29) is 0 Å². The number of nitrogens with zero attached hydrogens (tertiary/aromatic N) is 2. The summed E-state index contributed by atoms with van der Waals surface area (Å²) >= 11 is 0. The zero-order chi connectivity index (χ0) is 21.7. The summed E-state index contributed by atoms with van der Waals surface area (Å²) in [6.07, 6.45) is 32.9. The number of aromatic nitrogens is 2. The Hall–Kier alpha value is -0.790. The molecule has 0 spiro atoms. The number of imidazole rings is 1. The minimum atomic E-state index is 1.11. The lowest BCUT2D eigenvalue weighted by atomic mass is 10.0. The second kappa shape index (κ2) is 20.1. The monoisotopic (exact) mass is 419 g/mol. The summed E-state index contributed by atoms with van der Waals surface area (Å²) in [5.41, 5.74) is 0. The highest BCUT2D eigenvalue weighted by Crippen LogP contribution is 2.13. The van der Waals surface area contributed by atoms with Gasteiger partial charge in [-0.05, 0) is 26.2 Å². The van der Waals surface area contributed by atoms with Crippen LogP contribution >= 0.6 is 0 Å². The molecule has 0 aliphatic heterocycles. The first kappa shape index (κ1) is 27.2. The van der Waals surface area contributed by atoms with Crippen molar-refractivity contribution in [3.05, 3.63) is 18.2 Å². The summed E-state index contributed by atoms with van der Waals surface area (Å²) in [6, 6.07) is 0. The van der Waals surface area contributed by atoms with E-state index in [0.29, 0.717) is 0 Å². The molecule has 1 heterocycles. The van der Waals surface area contributed by atoms with E-state index in [9.17, 15) is 0 Å². The molecule has 1 aromatic heterocycles. The molecule has 0 aromatic carbocycles. The van der Waals surface area contributed by atoms with Gasteiger partial charge in [0.15, 0.2) is 0 Å². The van der Waals surface area contributed by atoms with Gasteiger partial charge in [-0.15, -0.1) is 0 Å². The van der Waals surface area contributed by atoms with E-state index in [4.69, 9.17) is 0 Å². The van der Waals surface area contributed by atoms with Crippen LogP contribution in [0.5, 0.6) is 0 Å². The minimum Gasteiger partial charge on any atom is -0.235 e. The summed E-state index contributed by atoms with van der Waals surface area (Å²) in [4.78, 5) is 0. The standard InChI is InChI=1S/C28H55N2/c1-4-7-9-11-13-14-15-16-17-18-19-20-22-24-28-29(6-3)26-27-30(28)25-23-21-12-10-8-5-2/h26-27H,4-25H2,1-3H3/q+1. The maximum atomic E-state index is 2.55. The largest absolute Gasteiger partial charge is 0.256 e. The fraction of sp³-hybridized carbons (Fsp3) is 0.893. The Kier molecular flexibility index (Phi) is 18.3. The lowest BCUT2D eigenvalue weighted by molar-refractivity contribution is -0.704. The van der Waals surface area contributed by atoms with E-state index < -0.39 is 0 Å². The summed E-state index contributed by atoms with van der Waals surface area (Å²) in [7, 11) is 0. The van der Waals surface area contributed by atoms with E-state index in [1.807, 2.05) is 0 Å². The minimum absolute atomic E-state index is 1.11. The van der Waals surface area contributed by atoms with Crippen LogP contribution in [-0.4, -0.2) is 4.57 Å². The highest BCUT2D eigenvalue weighted by atomic mass is 15.1. The van der Waals surface area contributed by atoms with Crippen LogP contribution in [0.3, 0.4) is 0 Å². The van der Waals surface area contributed by atoms with Crippen molar-refractivity contribution < 1.29 is 4.57 Å². The molecule has 0 fully saturated rings. The van der Waals surface area contributed by atoms with Crippen LogP contribution in [0.4, 0.5) is 0 Å². The molecule has 0 unspecified atom stereocenters. The third-order valence-corrected chi connectivity index (χ3v) is 6.69. The van der Waals surface area contributed by atoms with Crippen molar-refractivity contribution in [1.29, 1.82) is 0 Å². The van der Waals surface area contributed by atoms with Gasteiger partial charge in [-0.1, -0.05) is 117 Å². The van der Waals surface area contributed by atoms with Crippen molar-refractivity contribution in [2.24, 2.45) is 0 Å². The van der Waals surface area contributed by atoms with Crippen LogP contribution in [0, 0.1) is 0 Å². The Morgan fingerprint density at radius 2 is 1.00 bits per heavy atom. The molecule has 176 valence electrons. The molecule has 0 atom stereocenters. The molecule has 0 radical (unpaired) electrons. The van der Waals surface area contributed by atoms with E-state index >= 15 is 0 Å². The van der Waals surface area contributed by atoms with Crippen molar-refractivity contribution in [2.75, 3.05) is 0 Å². The molecule has 0 saturated carbocycles. The molecule has 0 amide bonds. The van der Waals surface area contributed by atoms with Gasteiger partial charge in [0.05, 0.1) is 13.1 Å². The van der Waals surface area contributed by atoms with Crippen molar-refractivity contribution >= 4 is 0 Å². The van der Waals surface area contributed by atoms with Gasteiger partial charge in [0, 0.05) is 6.42 Å². The molecular formula is C28H55N2+. The van der Waals surface area contributed by atoms with Gasteiger partial charge in [0.2, 0.25) is 0 Å². The molecule has 30 heavy (non-hydrogen) atoms. The first-order valence-electron chi connectivity index (χ1n) is 13.9.